The molecule has 3 heterocycles. The monoisotopic (exact) mass is 394 g/mol. The first kappa shape index (κ1) is 19.8. The number of ether oxygens (including phenoxy) is 2. The zero-order valence-corrected chi connectivity index (χ0v) is 17.2. The normalized spacial score (nSPS) is 20.0. The van der Waals surface area contributed by atoms with Crippen molar-refractivity contribution >= 4 is 5.91 Å². The van der Waals surface area contributed by atoms with Gasteiger partial charge in [-0.15, -0.1) is 0 Å². The maximum Gasteiger partial charge on any atom is 0.254 e. The van der Waals surface area contributed by atoms with Gasteiger partial charge < -0.3 is 14.4 Å². The van der Waals surface area contributed by atoms with Crippen LogP contribution in [0.3, 0.4) is 0 Å². The number of hydrogen-bond acceptors (Lipinski definition) is 4. The predicted octanol–water partition coefficient (Wildman–Crippen LogP) is 4.16. The molecule has 0 spiro atoms. The molecule has 0 aliphatic carbocycles. The van der Waals surface area contributed by atoms with Gasteiger partial charge in [-0.2, -0.15) is 0 Å². The number of carbonyl (C=O) groups is 1. The Balaban J connectivity index is 1.25. The van der Waals surface area contributed by atoms with E-state index in [-0.39, 0.29) is 12.7 Å². The Bertz CT molecular complexity index is 835. The second-order valence-corrected chi connectivity index (χ2v) is 8.07. The van der Waals surface area contributed by atoms with Gasteiger partial charge >= 0.3 is 0 Å². The lowest BCUT2D eigenvalue weighted by Crippen LogP contribution is -2.36. The molecule has 5 nitrogen and oxygen atoms in total. The lowest BCUT2D eigenvalue weighted by Gasteiger charge is -2.33. The standard InChI is InChI=1S/C24H30N2O3/c1-3-5-19(6-4-2)15-25-10-7-18(8-11-25)9-12-26-16-20-13-22-23(29-17-28-22)14-21(20)24(26)27/h3-6,13-14,18H,1,7-12,15-17H2,2H3/b6-4-,19-5+. The molecule has 0 saturated carbocycles. The third-order valence-electron chi connectivity index (χ3n) is 6.11. The number of nitrogens with zero attached hydrogens (tertiary/aromatic N) is 2. The third kappa shape index (κ3) is 4.40. The van der Waals surface area contributed by atoms with Crippen LogP contribution in [-0.2, 0) is 6.54 Å². The molecule has 4 rings (SSSR count). The molecule has 1 amide bonds. The van der Waals surface area contributed by atoms with Crippen LogP contribution in [-0.4, -0.2) is 48.7 Å². The molecular formula is C24H30N2O3. The van der Waals surface area contributed by atoms with Crippen LogP contribution < -0.4 is 9.47 Å². The minimum atomic E-state index is 0.126. The fourth-order valence-electron chi connectivity index (χ4n) is 4.50. The van der Waals surface area contributed by atoms with Crippen molar-refractivity contribution in [1.29, 1.82) is 0 Å². The molecule has 154 valence electrons. The van der Waals surface area contributed by atoms with E-state index in [0.717, 1.165) is 49.5 Å². The van der Waals surface area contributed by atoms with Crippen molar-refractivity contribution in [1.82, 2.24) is 9.80 Å². The van der Waals surface area contributed by atoms with E-state index in [4.69, 9.17) is 9.47 Å². The number of likely N-dealkylation sites (tertiary alicyclic amines) is 1. The number of piperidine rings is 1. The topological polar surface area (TPSA) is 42.0 Å². The van der Waals surface area contributed by atoms with Crippen LogP contribution in [0.5, 0.6) is 11.5 Å². The Kier molecular flexibility index (Phi) is 6.05. The first-order chi connectivity index (χ1) is 14.2. The summed E-state index contributed by atoms with van der Waals surface area (Å²) in [5.41, 5.74) is 3.13. The van der Waals surface area contributed by atoms with Crippen molar-refractivity contribution in [3.8, 4) is 11.5 Å². The Hall–Kier alpha value is -2.53. The van der Waals surface area contributed by atoms with Crippen LogP contribution in [0.2, 0.25) is 0 Å². The average molecular weight is 395 g/mol. The SMILES string of the molecule is C=C/C=C(\C=C/C)CN1CCC(CCN2Cc3cc4c(cc3C2=O)OCO4)CC1. The molecular weight excluding hydrogens is 364 g/mol. The lowest BCUT2D eigenvalue weighted by molar-refractivity contribution is 0.0759. The highest BCUT2D eigenvalue weighted by atomic mass is 16.7. The van der Waals surface area contributed by atoms with E-state index in [2.05, 4.69) is 36.6 Å². The predicted molar refractivity (Wildman–Crippen MR) is 114 cm³/mol. The number of fused-ring (bicyclic) bond motifs is 2. The van der Waals surface area contributed by atoms with E-state index in [9.17, 15) is 4.79 Å². The molecule has 0 bridgehead atoms. The van der Waals surface area contributed by atoms with Gasteiger partial charge in [0.1, 0.15) is 0 Å². The Morgan fingerprint density at radius 1 is 1.24 bits per heavy atom. The minimum absolute atomic E-state index is 0.126. The fourth-order valence-corrected chi connectivity index (χ4v) is 4.50. The molecule has 3 aliphatic rings. The zero-order valence-electron chi connectivity index (χ0n) is 17.2. The summed E-state index contributed by atoms with van der Waals surface area (Å²) in [4.78, 5) is 17.3. The maximum absolute atomic E-state index is 12.8. The van der Waals surface area contributed by atoms with Gasteiger partial charge in [0, 0.05) is 25.2 Å². The van der Waals surface area contributed by atoms with Crippen LogP contribution in [0.15, 0.2) is 48.6 Å². The van der Waals surface area contributed by atoms with Crippen LogP contribution >= 0.6 is 0 Å². The van der Waals surface area contributed by atoms with E-state index >= 15 is 0 Å². The smallest absolute Gasteiger partial charge is 0.254 e. The van der Waals surface area contributed by atoms with Crippen LogP contribution in [0.4, 0.5) is 0 Å². The maximum atomic E-state index is 12.8. The number of carbonyl (C=O) groups excluding carboxylic acids is 1. The molecule has 0 unspecified atom stereocenters. The number of rotatable bonds is 7. The molecule has 1 aromatic rings. The van der Waals surface area contributed by atoms with E-state index in [0.29, 0.717) is 18.2 Å². The van der Waals surface area contributed by atoms with E-state index < -0.39 is 0 Å². The average Bonchev–Trinajstić information content (AvgIpc) is 3.30. The van der Waals surface area contributed by atoms with Gasteiger partial charge in [0.25, 0.3) is 5.91 Å². The van der Waals surface area contributed by atoms with Crippen molar-refractivity contribution < 1.29 is 14.3 Å². The van der Waals surface area contributed by atoms with Crippen molar-refractivity contribution in [2.24, 2.45) is 5.92 Å². The second-order valence-electron chi connectivity index (χ2n) is 8.07. The van der Waals surface area contributed by atoms with Gasteiger partial charge in [0.15, 0.2) is 11.5 Å². The van der Waals surface area contributed by atoms with Gasteiger partial charge in [-0.25, -0.2) is 0 Å². The van der Waals surface area contributed by atoms with E-state index in [1.54, 1.807) is 0 Å². The molecule has 0 N–H and O–H groups in total. The van der Waals surface area contributed by atoms with Crippen molar-refractivity contribution in [2.75, 3.05) is 33.0 Å². The second kappa shape index (κ2) is 8.87. The third-order valence-corrected chi connectivity index (χ3v) is 6.11. The largest absolute Gasteiger partial charge is 0.454 e. The number of hydrogen-bond donors (Lipinski definition) is 0. The van der Waals surface area contributed by atoms with Crippen molar-refractivity contribution in [3.63, 3.8) is 0 Å². The highest BCUT2D eigenvalue weighted by Crippen LogP contribution is 2.38. The van der Waals surface area contributed by atoms with Gasteiger partial charge in [0.2, 0.25) is 6.79 Å². The summed E-state index contributed by atoms with van der Waals surface area (Å²) in [6, 6.07) is 3.81. The summed E-state index contributed by atoms with van der Waals surface area (Å²) in [6.45, 7) is 10.8. The number of benzene rings is 1. The molecule has 5 heteroatoms. The number of amides is 1. The lowest BCUT2D eigenvalue weighted by atomic mass is 9.93. The summed E-state index contributed by atoms with van der Waals surface area (Å²) in [6.07, 6.45) is 11.7. The highest BCUT2D eigenvalue weighted by molar-refractivity contribution is 5.99. The van der Waals surface area contributed by atoms with Crippen LogP contribution in [0.1, 0.15) is 42.1 Å². The first-order valence-electron chi connectivity index (χ1n) is 10.6. The van der Waals surface area contributed by atoms with Gasteiger partial charge in [-0.1, -0.05) is 30.9 Å². The van der Waals surface area contributed by atoms with Gasteiger partial charge in [0.05, 0.1) is 0 Å². The molecule has 1 aromatic carbocycles. The van der Waals surface area contributed by atoms with Crippen LogP contribution in [0.25, 0.3) is 0 Å². The highest BCUT2D eigenvalue weighted by Gasteiger charge is 2.31. The molecule has 0 atom stereocenters. The fraction of sp³-hybridized carbons (Fsp3) is 0.458. The summed E-state index contributed by atoms with van der Waals surface area (Å²) in [7, 11) is 0. The van der Waals surface area contributed by atoms with Gasteiger partial charge in [-0.3, -0.25) is 9.69 Å². The molecule has 0 radical (unpaired) electrons. The Morgan fingerprint density at radius 2 is 2.00 bits per heavy atom. The van der Waals surface area contributed by atoms with Crippen molar-refractivity contribution in [2.45, 2.75) is 32.7 Å². The van der Waals surface area contributed by atoms with E-state index in [1.807, 2.05) is 23.1 Å². The zero-order chi connectivity index (χ0) is 20.2. The van der Waals surface area contributed by atoms with Crippen LogP contribution in [0, 0.1) is 5.92 Å². The first-order valence-corrected chi connectivity index (χ1v) is 10.6. The summed E-state index contributed by atoms with van der Waals surface area (Å²) < 4.78 is 10.9. The Labute approximate surface area is 173 Å². The quantitative estimate of drug-likeness (QED) is 0.651. The van der Waals surface area contributed by atoms with Crippen molar-refractivity contribution in [3.05, 3.63) is 59.7 Å². The molecule has 1 fully saturated rings. The summed E-state index contributed by atoms with van der Waals surface area (Å²) in [5, 5.41) is 0. The minimum Gasteiger partial charge on any atom is -0.454 e. The summed E-state index contributed by atoms with van der Waals surface area (Å²) >= 11 is 0. The molecule has 0 aromatic heterocycles. The summed E-state index contributed by atoms with van der Waals surface area (Å²) in [5.74, 6) is 2.26. The molecule has 29 heavy (non-hydrogen) atoms. The molecule has 3 aliphatic heterocycles. The van der Waals surface area contributed by atoms with Gasteiger partial charge in [-0.05, 0) is 68.5 Å². The number of allylic oxidation sites excluding steroid dienone is 3. The van der Waals surface area contributed by atoms with E-state index in [1.165, 1.54) is 18.4 Å². The Morgan fingerprint density at radius 3 is 2.72 bits per heavy atom. The molecule has 1 saturated heterocycles.